The Hall–Kier alpha value is -0.770. The van der Waals surface area contributed by atoms with E-state index in [4.69, 9.17) is 27.9 Å². The molecule has 0 spiro atoms. The van der Waals surface area contributed by atoms with Crippen LogP contribution < -0.4 is 4.74 Å². The number of halogens is 4. The fourth-order valence-corrected chi connectivity index (χ4v) is 2.43. The lowest BCUT2D eigenvalue weighted by Crippen LogP contribution is -1.97. The molecule has 1 nitrogen and oxygen atoms in total. The van der Waals surface area contributed by atoms with Gasteiger partial charge < -0.3 is 4.74 Å². The molecule has 2 aromatic rings. The topological polar surface area (TPSA) is 9.23 Å². The standard InChI is InChI=1S/C14H10BrCl2FO/c15-12-6-11(18)3-2-10(12)8-19-14-4-1-9(7-16)5-13(14)17/h1-6H,7-8H2. The first-order valence-corrected chi connectivity index (χ1v) is 7.22. The summed E-state index contributed by atoms with van der Waals surface area (Å²) in [5.74, 6) is 0.690. The van der Waals surface area contributed by atoms with Gasteiger partial charge in [-0.05, 0) is 29.8 Å². The van der Waals surface area contributed by atoms with Crippen molar-refractivity contribution in [2.45, 2.75) is 12.5 Å². The minimum Gasteiger partial charge on any atom is -0.487 e. The van der Waals surface area contributed by atoms with E-state index in [1.165, 1.54) is 12.1 Å². The molecular formula is C14H10BrCl2FO. The Morgan fingerprint density at radius 2 is 1.95 bits per heavy atom. The first kappa shape index (κ1) is 14.6. The van der Waals surface area contributed by atoms with E-state index >= 15 is 0 Å². The zero-order valence-electron chi connectivity index (χ0n) is 9.80. The molecule has 0 saturated heterocycles. The molecule has 0 atom stereocenters. The van der Waals surface area contributed by atoms with Gasteiger partial charge in [0.1, 0.15) is 18.2 Å². The molecule has 2 aromatic carbocycles. The summed E-state index contributed by atoms with van der Waals surface area (Å²) in [5, 5.41) is 0.511. The van der Waals surface area contributed by atoms with Crippen LogP contribution in [0.5, 0.6) is 5.75 Å². The van der Waals surface area contributed by atoms with Gasteiger partial charge >= 0.3 is 0 Å². The van der Waals surface area contributed by atoms with Crippen molar-refractivity contribution in [1.82, 2.24) is 0 Å². The summed E-state index contributed by atoms with van der Waals surface area (Å²) in [7, 11) is 0. The van der Waals surface area contributed by atoms with Gasteiger partial charge in [0.2, 0.25) is 0 Å². The lowest BCUT2D eigenvalue weighted by atomic mass is 10.2. The van der Waals surface area contributed by atoms with Gasteiger partial charge in [-0.2, -0.15) is 0 Å². The molecule has 0 unspecified atom stereocenters. The maximum absolute atomic E-state index is 13.0. The van der Waals surface area contributed by atoms with Crippen LogP contribution in [0.2, 0.25) is 5.02 Å². The van der Waals surface area contributed by atoms with Gasteiger partial charge in [-0.15, -0.1) is 11.6 Å². The number of alkyl halides is 1. The molecule has 0 heterocycles. The summed E-state index contributed by atoms with van der Waals surface area (Å²) in [6.45, 7) is 0.306. The molecule has 0 saturated carbocycles. The first-order chi connectivity index (χ1) is 9.10. The van der Waals surface area contributed by atoms with Gasteiger partial charge in [0.15, 0.2) is 0 Å². The van der Waals surface area contributed by atoms with E-state index in [9.17, 15) is 4.39 Å². The van der Waals surface area contributed by atoms with E-state index in [2.05, 4.69) is 15.9 Å². The zero-order chi connectivity index (χ0) is 13.8. The van der Waals surface area contributed by atoms with Gasteiger partial charge in [-0.3, -0.25) is 0 Å². The second-order valence-electron chi connectivity index (χ2n) is 3.92. The largest absolute Gasteiger partial charge is 0.487 e. The minimum absolute atomic E-state index is 0.292. The first-order valence-electron chi connectivity index (χ1n) is 5.51. The molecule has 5 heteroatoms. The Labute approximate surface area is 129 Å². The summed E-state index contributed by atoms with van der Waals surface area (Å²) in [5.41, 5.74) is 1.78. The monoisotopic (exact) mass is 362 g/mol. The third-order valence-corrected chi connectivity index (χ3v) is 3.89. The molecule has 0 aliphatic carbocycles. The third-order valence-electron chi connectivity index (χ3n) is 2.55. The van der Waals surface area contributed by atoms with Gasteiger partial charge in [-0.1, -0.05) is 39.7 Å². The second kappa shape index (κ2) is 6.60. The Bertz CT molecular complexity index is 590. The Kier molecular flexibility index (Phi) is 5.08. The lowest BCUT2D eigenvalue weighted by Gasteiger charge is -2.10. The highest BCUT2D eigenvalue weighted by molar-refractivity contribution is 9.10. The molecule has 0 N–H and O–H groups in total. The lowest BCUT2D eigenvalue weighted by molar-refractivity contribution is 0.305. The van der Waals surface area contributed by atoms with Crippen LogP contribution in [0, 0.1) is 5.82 Å². The molecule has 0 amide bonds. The zero-order valence-corrected chi connectivity index (χ0v) is 12.9. The van der Waals surface area contributed by atoms with Crippen molar-refractivity contribution in [3.63, 3.8) is 0 Å². The van der Waals surface area contributed by atoms with Gasteiger partial charge in [-0.25, -0.2) is 4.39 Å². The van der Waals surface area contributed by atoms with Crippen molar-refractivity contribution in [3.05, 3.63) is 62.8 Å². The van der Waals surface area contributed by atoms with E-state index in [1.54, 1.807) is 18.2 Å². The number of benzene rings is 2. The quantitative estimate of drug-likeness (QED) is 0.646. The molecule has 0 aliphatic rings. The average molecular weight is 364 g/mol. The van der Waals surface area contributed by atoms with Gasteiger partial charge in [0, 0.05) is 15.9 Å². The van der Waals surface area contributed by atoms with Crippen LogP contribution >= 0.6 is 39.1 Å². The van der Waals surface area contributed by atoms with Crippen LogP contribution in [0.4, 0.5) is 4.39 Å². The minimum atomic E-state index is -0.292. The molecule has 0 bridgehead atoms. The van der Waals surface area contributed by atoms with Crippen molar-refractivity contribution in [3.8, 4) is 5.75 Å². The summed E-state index contributed by atoms with van der Waals surface area (Å²) in [6, 6.07) is 9.86. The summed E-state index contributed by atoms with van der Waals surface area (Å²) in [4.78, 5) is 0. The maximum Gasteiger partial charge on any atom is 0.138 e. The van der Waals surface area contributed by atoms with Crippen molar-refractivity contribution < 1.29 is 9.13 Å². The highest BCUT2D eigenvalue weighted by atomic mass is 79.9. The summed E-state index contributed by atoms with van der Waals surface area (Å²) in [6.07, 6.45) is 0. The molecule has 19 heavy (non-hydrogen) atoms. The molecule has 0 aliphatic heterocycles. The Balaban J connectivity index is 2.10. The SMILES string of the molecule is Fc1ccc(COc2ccc(CCl)cc2Cl)c(Br)c1. The fourth-order valence-electron chi connectivity index (χ4n) is 1.54. The molecule has 100 valence electrons. The normalized spacial score (nSPS) is 10.5. The van der Waals surface area contributed by atoms with E-state index in [0.717, 1.165) is 11.1 Å². The van der Waals surface area contributed by atoms with Crippen LogP contribution in [0.1, 0.15) is 11.1 Å². The fraction of sp³-hybridized carbons (Fsp3) is 0.143. The average Bonchev–Trinajstić information content (AvgIpc) is 2.39. The van der Waals surface area contributed by atoms with E-state index in [0.29, 0.717) is 27.7 Å². The number of hydrogen-bond acceptors (Lipinski definition) is 1. The second-order valence-corrected chi connectivity index (χ2v) is 5.45. The van der Waals surface area contributed by atoms with Crippen molar-refractivity contribution in [1.29, 1.82) is 0 Å². The molecule has 0 aromatic heterocycles. The maximum atomic E-state index is 13.0. The molecule has 0 radical (unpaired) electrons. The van der Waals surface area contributed by atoms with E-state index in [-0.39, 0.29) is 5.82 Å². The van der Waals surface area contributed by atoms with Crippen LogP contribution in [0.3, 0.4) is 0 Å². The third kappa shape index (κ3) is 3.85. The molecular weight excluding hydrogens is 354 g/mol. The van der Waals surface area contributed by atoms with Crippen molar-refractivity contribution in [2.75, 3.05) is 0 Å². The molecule has 0 fully saturated rings. The molecule has 2 rings (SSSR count). The van der Waals surface area contributed by atoms with Crippen LogP contribution in [0.15, 0.2) is 40.9 Å². The van der Waals surface area contributed by atoms with E-state index in [1.807, 2.05) is 6.07 Å². The Morgan fingerprint density at radius 1 is 1.16 bits per heavy atom. The highest BCUT2D eigenvalue weighted by Gasteiger charge is 2.06. The number of ether oxygens (including phenoxy) is 1. The summed E-state index contributed by atoms with van der Waals surface area (Å²) < 4.78 is 19.2. The van der Waals surface area contributed by atoms with Crippen molar-refractivity contribution in [2.24, 2.45) is 0 Å². The van der Waals surface area contributed by atoms with Gasteiger partial charge in [0.25, 0.3) is 0 Å². The smallest absolute Gasteiger partial charge is 0.138 e. The predicted molar refractivity (Wildman–Crippen MR) is 79.4 cm³/mol. The summed E-state index contributed by atoms with van der Waals surface area (Å²) >= 11 is 15.1. The van der Waals surface area contributed by atoms with E-state index < -0.39 is 0 Å². The number of hydrogen-bond donors (Lipinski definition) is 0. The predicted octanol–water partition coefficient (Wildman–Crippen LogP) is 5.56. The highest BCUT2D eigenvalue weighted by Crippen LogP contribution is 2.28. The van der Waals surface area contributed by atoms with Gasteiger partial charge in [0.05, 0.1) is 5.02 Å². The van der Waals surface area contributed by atoms with Crippen LogP contribution in [-0.2, 0) is 12.5 Å². The number of rotatable bonds is 4. The Morgan fingerprint density at radius 3 is 2.58 bits per heavy atom. The van der Waals surface area contributed by atoms with Crippen LogP contribution in [0.25, 0.3) is 0 Å². The van der Waals surface area contributed by atoms with Crippen LogP contribution in [-0.4, -0.2) is 0 Å². The van der Waals surface area contributed by atoms with Crippen molar-refractivity contribution >= 4 is 39.1 Å².